The fourth-order valence-corrected chi connectivity index (χ4v) is 2.07. The lowest BCUT2D eigenvalue weighted by Gasteiger charge is -2.12. The second-order valence-corrected chi connectivity index (χ2v) is 4.90. The van der Waals surface area contributed by atoms with Crippen LogP contribution in [0.25, 0.3) is 0 Å². The van der Waals surface area contributed by atoms with Crippen LogP contribution in [0.1, 0.15) is 11.3 Å². The van der Waals surface area contributed by atoms with E-state index in [-0.39, 0.29) is 4.47 Å². The van der Waals surface area contributed by atoms with Crippen molar-refractivity contribution in [3.05, 3.63) is 46.5 Å². The summed E-state index contributed by atoms with van der Waals surface area (Å²) in [5, 5.41) is 2.95. The Balaban J connectivity index is 2.16. The van der Waals surface area contributed by atoms with Gasteiger partial charge in [0.05, 0.1) is 24.1 Å². The lowest BCUT2D eigenvalue weighted by atomic mass is 10.2. The zero-order valence-corrected chi connectivity index (χ0v) is 11.6. The predicted molar refractivity (Wildman–Crippen MR) is 69.7 cm³/mol. The number of imidazole rings is 1. The Morgan fingerprint density at radius 1 is 1.37 bits per heavy atom. The molecule has 0 aliphatic rings. The number of benzene rings is 1. The van der Waals surface area contributed by atoms with Gasteiger partial charge in [-0.2, -0.15) is 13.2 Å². The summed E-state index contributed by atoms with van der Waals surface area (Å²) >= 11 is 2.91. The van der Waals surface area contributed by atoms with Crippen LogP contribution in [0.4, 0.5) is 18.9 Å². The summed E-state index contributed by atoms with van der Waals surface area (Å²) in [7, 11) is 1.83. The molecular weight excluding hydrogens is 323 g/mol. The van der Waals surface area contributed by atoms with E-state index in [4.69, 9.17) is 0 Å². The summed E-state index contributed by atoms with van der Waals surface area (Å²) < 4.78 is 40.0. The van der Waals surface area contributed by atoms with Crippen LogP contribution < -0.4 is 5.32 Å². The molecule has 0 fully saturated rings. The number of halogens is 4. The molecule has 0 saturated heterocycles. The summed E-state index contributed by atoms with van der Waals surface area (Å²) in [5.74, 6) is 0. The van der Waals surface area contributed by atoms with Crippen LogP contribution in [0.3, 0.4) is 0 Å². The van der Waals surface area contributed by atoms with Crippen molar-refractivity contribution in [2.24, 2.45) is 7.05 Å². The lowest BCUT2D eigenvalue weighted by Crippen LogP contribution is -2.08. The largest absolute Gasteiger partial charge is 0.417 e. The number of aromatic nitrogens is 2. The van der Waals surface area contributed by atoms with Crippen molar-refractivity contribution in [1.29, 1.82) is 0 Å². The highest BCUT2D eigenvalue weighted by molar-refractivity contribution is 9.10. The third-order valence-electron chi connectivity index (χ3n) is 2.66. The summed E-state index contributed by atoms with van der Waals surface area (Å²) in [6, 6.07) is 4.06. The first-order chi connectivity index (χ1) is 8.88. The average Bonchev–Trinajstić information content (AvgIpc) is 2.72. The van der Waals surface area contributed by atoms with E-state index in [0.29, 0.717) is 12.2 Å². The molecule has 3 nitrogen and oxygen atoms in total. The van der Waals surface area contributed by atoms with Crippen molar-refractivity contribution < 1.29 is 13.2 Å². The van der Waals surface area contributed by atoms with Gasteiger partial charge in [-0.15, -0.1) is 0 Å². The standard InChI is InChI=1S/C12H11BrF3N3/c1-19-7-17-5-9(19)6-18-8-2-3-11(13)10(4-8)12(14,15)16/h2-5,7,18H,6H2,1H3. The van der Waals surface area contributed by atoms with Gasteiger partial charge in [0.2, 0.25) is 0 Å². The molecule has 0 unspecified atom stereocenters. The molecule has 102 valence electrons. The Kier molecular flexibility index (Phi) is 3.84. The Labute approximate surface area is 116 Å². The molecule has 0 radical (unpaired) electrons. The molecule has 19 heavy (non-hydrogen) atoms. The number of hydrogen-bond donors (Lipinski definition) is 1. The number of nitrogens with one attached hydrogen (secondary N) is 1. The molecule has 0 aliphatic carbocycles. The maximum atomic E-state index is 12.7. The van der Waals surface area contributed by atoms with Gasteiger partial charge in [-0.25, -0.2) is 4.98 Å². The van der Waals surface area contributed by atoms with E-state index in [0.717, 1.165) is 11.8 Å². The van der Waals surface area contributed by atoms with Crippen LogP contribution in [-0.4, -0.2) is 9.55 Å². The normalized spacial score (nSPS) is 11.6. The molecule has 0 aliphatic heterocycles. The molecule has 1 N–H and O–H groups in total. The summed E-state index contributed by atoms with van der Waals surface area (Å²) in [6.45, 7) is 0.412. The first-order valence-corrected chi connectivity index (χ1v) is 6.23. The number of nitrogens with zero attached hydrogens (tertiary/aromatic N) is 2. The number of aryl methyl sites for hydroxylation is 1. The van der Waals surface area contributed by atoms with Crippen LogP contribution in [0.5, 0.6) is 0 Å². The highest BCUT2D eigenvalue weighted by Gasteiger charge is 2.33. The third kappa shape index (κ3) is 3.28. The second-order valence-electron chi connectivity index (χ2n) is 4.04. The molecule has 1 heterocycles. The average molecular weight is 334 g/mol. The molecule has 1 aromatic heterocycles. The highest BCUT2D eigenvalue weighted by Crippen LogP contribution is 2.36. The number of rotatable bonds is 3. The maximum absolute atomic E-state index is 12.7. The molecule has 0 atom stereocenters. The smallest absolute Gasteiger partial charge is 0.379 e. The number of anilines is 1. The zero-order chi connectivity index (χ0) is 14.0. The molecule has 0 bridgehead atoms. The molecule has 0 saturated carbocycles. The van der Waals surface area contributed by atoms with Crippen molar-refractivity contribution in [3.8, 4) is 0 Å². The third-order valence-corrected chi connectivity index (χ3v) is 3.35. The van der Waals surface area contributed by atoms with E-state index in [1.54, 1.807) is 23.2 Å². The quantitative estimate of drug-likeness (QED) is 0.925. The monoisotopic (exact) mass is 333 g/mol. The molecule has 7 heteroatoms. The summed E-state index contributed by atoms with van der Waals surface area (Å²) in [4.78, 5) is 3.94. The van der Waals surface area contributed by atoms with Crippen molar-refractivity contribution in [2.75, 3.05) is 5.32 Å². The van der Waals surface area contributed by atoms with Crippen molar-refractivity contribution in [2.45, 2.75) is 12.7 Å². The van der Waals surface area contributed by atoms with Gasteiger partial charge in [0.15, 0.2) is 0 Å². The Morgan fingerprint density at radius 3 is 2.68 bits per heavy atom. The molecule has 2 aromatic rings. The number of alkyl halides is 3. The summed E-state index contributed by atoms with van der Waals surface area (Å²) in [5.41, 5.74) is 0.607. The van der Waals surface area contributed by atoms with Crippen LogP contribution in [0.15, 0.2) is 35.2 Å². The first-order valence-electron chi connectivity index (χ1n) is 5.44. The van der Waals surface area contributed by atoms with Crippen molar-refractivity contribution in [1.82, 2.24) is 9.55 Å². The van der Waals surface area contributed by atoms with Gasteiger partial charge < -0.3 is 9.88 Å². The minimum Gasteiger partial charge on any atom is -0.379 e. The first kappa shape index (κ1) is 13.9. The highest BCUT2D eigenvalue weighted by atomic mass is 79.9. The van der Waals surface area contributed by atoms with Crippen LogP contribution in [-0.2, 0) is 19.8 Å². The Bertz CT molecular complexity index is 578. The van der Waals surface area contributed by atoms with Crippen LogP contribution in [0, 0.1) is 0 Å². The summed E-state index contributed by atoms with van der Waals surface area (Å²) in [6.07, 6.45) is -1.07. The van der Waals surface area contributed by atoms with E-state index in [1.807, 2.05) is 7.05 Å². The van der Waals surface area contributed by atoms with E-state index in [2.05, 4.69) is 26.2 Å². The van der Waals surface area contributed by atoms with E-state index in [1.165, 1.54) is 6.07 Å². The van der Waals surface area contributed by atoms with Gasteiger partial charge in [0, 0.05) is 23.4 Å². The molecule has 0 spiro atoms. The number of hydrogen-bond acceptors (Lipinski definition) is 2. The SMILES string of the molecule is Cn1cncc1CNc1ccc(Br)c(C(F)(F)F)c1. The molecular formula is C12H11BrF3N3. The molecule has 0 amide bonds. The van der Waals surface area contributed by atoms with Gasteiger partial charge in [-0.05, 0) is 18.2 Å². The van der Waals surface area contributed by atoms with E-state index >= 15 is 0 Å². The Morgan fingerprint density at radius 2 is 2.11 bits per heavy atom. The van der Waals surface area contributed by atoms with Gasteiger partial charge in [0.25, 0.3) is 0 Å². The van der Waals surface area contributed by atoms with Gasteiger partial charge in [-0.1, -0.05) is 15.9 Å². The van der Waals surface area contributed by atoms with Gasteiger partial charge >= 0.3 is 6.18 Å². The fourth-order valence-electron chi connectivity index (χ4n) is 1.60. The lowest BCUT2D eigenvalue weighted by molar-refractivity contribution is -0.138. The van der Waals surface area contributed by atoms with E-state index < -0.39 is 11.7 Å². The van der Waals surface area contributed by atoms with Crippen LogP contribution >= 0.6 is 15.9 Å². The van der Waals surface area contributed by atoms with Gasteiger partial charge in [-0.3, -0.25) is 0 Å². The fraction of sp³-hybridized carbons (Fsp3) is 0.250. The molecule has 1 aromatic carbocycles. The zero-order valence-electron chi connectivity index (χ0n) is 10.0. The molecule has 2 rings (SSSR count). The topological polar surface area (TPSA) is 29.9 Å². The minimum absolute atomic E-state index is 0.0334. The van der Waals surface area contributed by atoms with Crippen LogP contribution in [0.2, 0.25) is 0 Å². The minimum atomic E-state index is -4.37. The van der Waals surface area contributed by atoms with E-state index in [9.17, 15) is 13.2 Å². The van der Waals surface area contributed by atoms with Gasteiger partial charge in [0.1, 0.15) is 0 Å². The second kappa shape index (κ2) is 5.24. The Hall–Kier alpha value is -1.50. The maximum Gasteiger partial charge on any atom is 0.417 e. The van der Waals surface area contributed by atoms with Crippen molar-refractivity contribution in [3.63, 3.8) is 0 Å². The van der Waals surface area contributed by atoms with Crippen molar-refractivity contribution >= 4 is 21.6 Å². The predicted octanol–water partition coefficient (Wildman–Crippen LogP) is 3.81.